The lowest BCUT2D eigenvalue weighted by atomic mass is 9.96. The van der Waals surface area contributed by atoms with Gasteiger partial charge in [-0.05, 0) is 18.6 Å². The Morgan fingerprint density at radius 2 is 2.00 bits per heavy atom. The average Bonchev–Trinajstić information content (AvgIpc) is 2.85. The largest absolute Gasteiger partial charge is 0.481 e. The highest BCUT2D eigenvalue weighted by Crippen LogP contribution is 2.37. The molecule has 21 heavy (non-hydrogen) atoms. The number of amides is 2. The van der Waals surface area contributed by atoms with Gasteiger partial charge in [0.1, 0.15) is 0 Å². The molecular formula is C12H17F3N2O3S. The maximum atomic E-state index is 12.8. The summed E-state index contributed by atoms with van der Waals surface area (Å²) in [4.78, 5) is 23.9. The molecule has 2 aliphatic rings. The van der Waals surface area contributed by atoms with E-state index in [-0.39, 0.29) is 6.04 Å². The van der Waals surface area contributed by atoms with Crippen LogP contribution in [0.4, 0.5) is 18.0 Å². The molecule has 2 heterocycles. The third kappa shape index (κ3) is 3.96. The summed E-state index contributed by atoms with van der Waals surface area (Å²) in [6, 6.07) is -0.648. The van der Waals surface area contributed by atoms with Gasteiger partial charge < -0.3 is 15.3 Å². The molecular weight excluding hydrogens is 309 g/mol. The van der Waals surface area contributed by atoms with Crippen LogP contribution in [0.2, 0.25) is 0 Å². The van der Waals surface area contributed by atoms with E-state index in [2.05, 4.69) is 5.32 Å². The number of nitrogens with one attached hydrogen (secondary N) is 1. The molecule has 0 radical (unpaired) electrons. The van der Waals surface area contributed by atoms with Crippen molar-refractivity contribution < 1.29 is 27.9 Å². The lowest BCUT2D eigenvalue weighted by Gasteiger charge is -2.26. The summed E-state index contributed by atoms with van der Waals surface area (Å²) < 4.78 is 38.5. The monoisotopic (exact) mass is 326 g/mol. The Kier molecular flexibility index (Phi) is 4.90. The first kappa shape index (κ1) is 16.3. The maximum Gasteiger partial charge on any atom is 0.394 e. The Bertz CT molecular complexity index is 413. The minimum Gasteiger partial charge on any atom is -0.481 e. The molecule has 9 heteroatoms. The molecule has 0 bridgehead atoms. The normalized spacial score (nSPS) is 30.2. The summed E-state index contributed by atoms with van der Waals surface area (Å²) in [5.41, 5.74) is 0. The van der Waals surface area contributed by atoms with Gasteiger partial charge in [-0.2, -0.15) is 24.9 Å². The summed E-state index contributed by atoms with van der Waals surface area (Å²) >= 11 is 1.69. The molecule has 2 N–H and O–H groups in total. The van der Waals surface area contributed by atoms with Crippen LogP contribution in [-0.2, 0) is 4.79 Å². The van der Waals surface area contributed by atoms with Gasteiger partial charge in [-0.3, -0.25) is 4.79 Å². The number of halogens is 3. The molecule has 5 nitrogen and oxygen atoms in total. The van der Waals surface area contributed by atoms with E-state index in [1.807, 2.05) is 0 Å². The van der Waals surface area contributed by atoms with Crippen molar-refractivity contribution in [2.24, 2.45) is 11.8 Å². The van der Waals surface area contributed by atoms with Crippen LogP contribution in [-0.4, -0.2) is 58.8 Å². The Labute approximate surface area is 124 Å². The van der Waals surface area contributed by atoms with E-state index in [9.17, 15) is 22.8 Å². The summed E-state index contributed by atoms with van der Waals surface area (Å²) in [6.07, 6.45) is -2.85. The lowest BCUT2D eigenvalue weighted by Crippen LogP contribution is -2.46. The van der Waals surface area contributed by atoms with E-state index in [0.29, 0.717) is 0 Å². The topological polar surface area (TPSA) is 69.6 Å². The summed E-state index contributed by atoms with van der Waals surface area (Å²) in [6.45, 7) is -0.989. The molecule has 2 fully saturated rings. The maximum absolute atomic E-state index is 12.8. The molecule has 3 atom stereocenters. The van der Waals surface area contributed by atoms with Gasteiger partial charge in [0.2, 0.25) is 0 Å². The minimum absolute atomic E-state index is 0.0514. The van der Waals surface area contributed by atoms with Gasteiger partial charge in [0, 0.05) is 24.9 Å². The second-order valence-corrected chi connectivity index (χ2v) is 6.51. The number of rotatable bonds is 2. The van der Waals surface area contributed by atoms with Crippen molar-refractivity contribution in [2.75, 3.05) is 24.6 Å². The predicted octanol–water partition coefficient (Wildman–Crippen LogP) is 1.79. The SMILES string of the molecule is O=C(O)[C@@H]1CN(C(=O)NC2CCCSC2)C[C@H]1C(F)(F)F. The number of carboxylic acid groups (broad SMARTS) is 1. The van der Waals surface area contributed by atoms with E-state index in [0.717, 1.165) is 29.2 Å². The van der Waals surface area contributed by atoms with Gasteiger partial charge in [0.25, 0.3) is 0 Å². The number of likely N-dealkylation sites (tertiary alicyclic amines) is 1. The first-order valence-electron chi connectivity index (χ1n) is 6.71. The Balaban J connectivity index is 1.97. The third-order valence-corrected chi connectivity index (χ3v) is 5.05. The van der Waals surface area contributed by atoms with Crippen molar-refractivity contribution in [3.8, 4) is 0 Å². The number of urea groups is 1. The molecule has 1 unspecified atom stereocenters. The van der Waals surface area contributed by atoms with E-state index in [1.54, 1.807) is 11.8 Å². The number of alkyl halides is 3. The summed E-state index contributed by atoms with van der Waals surface area (Å²) in [5, 5.41) is 11.6. The number of thioether (sulfide) groups is 1. The van der Waals surface area contributed by atoms with Crippen molar-refractivity contribution >= 4 is 23.8 Å². The van der Waals surface area contributed by atoms with Gasteiger partial charge in [0.15, 0.2) is 0 Å². The van der Waals surface area contributed by atoms with Crippen molar-refractivity contribution in [1.82, 2.24) is 10.2 Å². The molecule has 2 aliphatic heterocycles. The second kappa shape index (κ2) is 6.33. The first-order chi connectivity index (χ1) is 9.79. The molecule has 0 aliphatic carbocycles. The van der Waals surface area contributed by atoms with Crippen molar-refractivity contribution in [2.45, 2.75) is 25.1 Å². The smallest absolute Gasteiger partial charge is 0.394 e. The number of carboxylic acids is 1. The quantitative estimate of drug-likeness (QED) is 0.812. The highest BCUT2D eigenvalue weighted by Gasteiger charge is 2.53. The van der Waals surface area contributed by atoms with Gasteiger partial charge in [-0.15, -0.1) is 0 Å². The van der Waals surface area contributed by atoms with Crippen LogP contribution < -0.4 is 5.32 Å². The molecule has 0 aromatic rings. The molecule has 0 aromatic carbocycles. The van der Waals surface area contributed by atoms with Gasteiger partial charge >= 0.3 is 18.2 Å². The predicted molar refractivity (Wildman–Crippen MR) is 71.1 cm³/mol. The third-order valence-electron chi connectivity index (χ3n) is 3.83. The van der Waals surface area contributed by atoms with Crippen LogP contribution in [0.3, 0.4) is 0 Å². The van der Waals surface area contributed by atoms with E-state index in [1.165, 1.54) is 0 Å². The first-order valence-corrected chi connectivity index (χ1v) is 7.87. The van der Waals surface area contributed by atoms with E-state index < -0.39 is 43.1 Å². The zero-order valence-electron chi connectivity index (χ0n) is 11.2. The highest BCUT2D eigenvalue weighted by atomic mass is 32.2. The number of nitrogens with zero attached hydrogens (tertiary/aromatic N) is 1. The molecule has 0 aromatic heterocycles. The molecule has 0 saturated carbocycles. The number of hydrogen-bond donors (Lipinski definition) is 2. The Hall–Kier alpha value is -1.12. The summed E-state index contributed by atoms with van der Waals surface area (Å²) in [5.74, 6) is -3.34. The zero-order valence-corrected chi connectivity index (χ0v) is 12.0. The van der Waals surface area contributed by atoms with Crippen LogP contribution in [0, 0.1) is 11.8 Å². The summed E-state index contributed by atoms with van der Waals surface area (Å²) in [7, 11) is 0. The zero-order chi connectivity index (χ0) is 15.6. The van der Waals surface area contributed by atoms with Crippen LogP contribution >= 0.6 is 11.8 Å². The fraction of sp³-hybridized carbons (Fsp3) is 0.833. The van der Waals surface area contributed by atoms with Crippen LogP contribution in [0.15, 0.2) is 0 Å². The van der Waals surface area contributed by atoms with Crippen molar-refractivity contribution in [3.63, 3.8) is 0 Å². The van der Waals surface area contributed by atoms with Crippen molar-refractivity contribution in [1.29, 1.82) is 0 Å². The molecule has 120 valence electrons. The molecule has 0 spiro atoms. The number of hydrogen-bond acceptors (Lipinski definition) is 3. The Morgan fingerprint density at radius 3 is 2.48 bits per heavy atom. The molecule has 2 rings (SSSR count). The standard InChI is InChI=1S/C12H17F3N2O3S/c13-12(14,15)9-5-17(4-8(9)10(18)19)11(20)16-7-2-1-3-21-6-7/h7-9H,1-6H2,(H,16,20)(H,18,19)/t7?,8-,9-/m1/s1. The lowest BCUT2D eigenvalue weighted by molar-refractivity contribution is -0.187. The minimum atomic E-state index is -4.61. The van der Waals surface area contributed by atoms with Gasteiger partial charge in [-0.1, -0.05) is 0 Å². The van der Waals surface area contributed by atoms with E-state index >= 15 is 0 Å². The van der Waals surface area contributed by atoms with E-state index in [4.69, 9.17) is 5.11 Å². The van der Waals surface area contributed by atoms with Crippen molar-refractivity contribution in [3.05, 3.63) is 0 Å². The highest BCUT2D eigenvalue weighted by molar-refractivity contribution is 7.99. The average molecular weight is 326 g/mol. The fourth-order valence-corrected chi connectivity index (χ4v) is 3.74. The molecule has 2 saturated heterocycles. The number of aliphatic carboxylic acids is 1. The fourth-order valence-electron chi connectivity index (χ4n) is 2.67. The Morgan fingerprint density at radius 1 is 1.29 bits per heavy atom. The number of carbonyl (C=O) groups is 2. The second-order valence-electron chi connectivity index (χ2n) is 5.36. The van der Waals surface area contributed by atoms with Gasteiger partial charge in [-0.25, -0.2) is 4.79 Å². The molecule has 2 amide bonds. The van der Waals surface area contributed by atoms with Gasteiger partial charge in [0.05, 0.1) is 11.8 Å². The van der Waals surface area contributed by atoms with Crippen LogP contribution in [0.5, 0.6) is 0 Å². The number of carbonyl (C=O) groups excluding carboxylic acids is 1. The van der Waals surface area contributed by atoms with Crippen LogP contribution in [0.25, 0.3) is 0 Å². The van der Waals surface area contributed by atoms with Crippen LogP contribution in [0.1, 0.15) is 12.8 Å².